The molecule has 2 heterocycles. The number of amides is 1. The zero-order valence-electron chi connectivity index (χ0n) is 28.7. The standard InChI is InChI=1S/C36H42F3N7O3S/c1-6-46(41)30-14-13-29(23(3)33(30)40)32(35(4,5)34(47)44-28-18-42-21-43-19-28)25-10-9-22(2)26(16-25)20-45-15-7-8-24-11-12-27(36(37,38)39)17-31(24)50(45,48)49/h9-14,16-19,21,32H,6-8,15,20,40-41H2,1-5H3,(H,44,47). The average molecular weight is 710 g/mol. The molecule has 14 heteroatoms. The van der Waals surface area contributed by atoms with E-state index in [4.69, 9.17) is 11.6 Å². The summed E-state index contributed by atoms with van der Waals surface area (Å²) in [6, 6.07) is 12.3. The summed E-state index contributed by atoms with van der Waals surface area (Å²) in [7, 11) is -4.28. The number of hydrogen-bond donors (Lipinski definition) is 3. The third-order valence-corrected chi connectivity index (χ3v) is 11.5. The highest BCUT2D eigenvalue weighted by Gasteiger charge is 2.41. The molecule has 4 aromatic rings. The van der Waals surface area contributed by atoms with Gasteiger partial charge in [-0.1, -0.05) is 44.2 Å². The van der Waals surface area contributed by atoms with Gasteiger partial charge in [-0.3, -0.25) is 4.79 Å². The summed E-state index contributed by atoms with van der Waals surface area (Å²) in [5.41, 5.74) is 10.0. The highest BCUT2D eigenvalue weighted by molar-refractivity contribution is 7.89. The van der Waals surface area contributed by atoms with Gasteiger partial charge in [0, 0.05) is 25.6 Å². The lowest BCUT2D eigenvalue weighted by Crippen LogP contribution is -2.38. The van der Waals surface area contributed by atoms with Crippen LogP contribution in [0.1, 0.15) is 72.1 Å². The summed E-state index contributed by atoms with van der Waals surface area (Å²) in [4.78, 5) is 21.7. The number of halogens is 3. The summed E-state index contributed by atoms with van der Waals surface area (Å²) in [6.07, 6.45) is 0.435. The molecule has 0 saturated carbocycles. The van der Waals surface area contributed by atoms with Gasteiger partial charge in [-0.25, -0.2) is 24.2 Å². The number of nitrogens with two attached hydrogens (primary N) is 2. The lowest BCUT2D eigenvalue weighted by atomic mass is 9.69. The highest BCUT2D eigenvalue weighted by Crippen LogP contribution is 2.46. The van der Waals surface area contributed by atoms with Crippen molar-refractivity contribution in [3.8, 4) is 0 Å². The van der Waals surface area contributed by atoms with Crippen molar-refractivity contribution >= 4 is 33.0 Å². The molecule has 0 spiro atoms. The smallest absolute Gasteiger partial charge is 0.397 e. The number of aryl methyl sites for hydroxylation is 2. The van der Waals surface area contributed by atoms with Gasteiger partial charge >= 0.3 is 6.18 Å². The number of nitrogens with zero attached hydrogens (tertiary/aromatic N) is 4. The van der Waals surface area contributed by atoms with E-state index in [1.165, 1.54) is 34.1 Å². The normalized spacial score (nSPS) is 15.5. The number of sulfonamides is 1. The zero-order chi connectivity index (χ0) is 36.6. The van der Waals surface area contributed by atoms with Crippen molar-refractivity contribution in [3.63, 3.8) is 0 Å². The Morgan fingerprint density at radius 2 is 1.76 bits per heavy atom. The third kappa shape index (κ3) is 7.18. The van der Waals surface area contributed by atoms with Crippen LogP contribution in [-0.4, -0.2) is 41.7 Å². The van der Waals surface area contributed by atoms with Crippen molar-refractivity contribution in [3.05, 3.63) is 106 Å². The number of anilines is 3. The van der Waals surface area contributed by atoms with E-state index in [0.29, 0.717) is 47.6 Å². The predicted molar refractivity (Wildman–Crippen MR) is 188 cm³/mol. The molecular weight excluding hydrogens is 668 g/mol. The van der Waals surface area contributed by atoms with E-state index in [-0.39, 0.29) is 23.9 Å². The number of rotatable bonds is 9. The van der Waals surface area contributed by atoms with Crippen molar-refractivity contribution in [1.29, 1.82) is 0 Å². The van der Waals surface area contributed by atoms with E-state index in [1.54, 1.807) is 0 Å². The van der Waals surface area contributed by atoms with Crippen LogP contribution in [-0.2, 0) is 34.0 Å². The Labute approximate surface area is 290 Å². The van der Waals surface area contributed by atoms with Gasteiger partial charge in [-0.05, 0) is 85.2 Å². The summed E-state index contributed by atoms with van der Waals surface area (Å²) >= 11 is 0. The fourth-order valence-electron chi connectivity index (χ4n) is 6.51. The van der Waals surface area contributed by atoms with Crippen molar-refractivity contribution in [2.45, 2.75) is 71.0 Å². The maximum absolute atomic E-state index is 14.1. The van der Waals surface area contributed by atoms with E-state index in [2.05, 4.69) is 15.3 Å². The van der Waals surface area contributed by atoms with Gasteiger partial charge < -0.3 is 16.1 Å². The number of nitrogen functional groups attached to an aromatic ring is 1. The summed E-state index contributed by atoms with van der Waals surface area (Å²) in [5.74, 6) is 5.30. The Hall–Kier alpha value is -4.53. The van der Waals surface area contributed by atoms with E-state index in [1.807, 2.05) is 65.0 Å². The molecule has 1 amide bonds. The van der Waals surface area contributed by atoms with E-state index in [0.717, 1.165) is 34.4 Å². The Morgan fingerprint density at radius 1 is 1.06 bits per heavy atom. The molecule has 1 aliphatic heterocycles. The summed E-state index contributed by atoms with van der Waals surface area (Å²) in [6.45, 7) is 9.82. The van der Waals surface area contributed by atoms with Gasteiger partial charge in [0.25, 0.3) is 0 Å². The Morgan fingerprint density at radius 3 is 2.42 bits per heavy atom. The van der Waals surface area contributed by atoms with Gasteiger partial charge in [0.2, 0.25) is 15.9 Å². The first-order valence-electron chi connectivity index (χ1n) is 16.2. The molecule has 1 unspecified atom stereocenters. The highest BCUT2D eigenvalue weighted by atomic mass is 32.2. The van der Waals surface area contributed by atoms with Crippen LogP contribution in [0, 0.1) is 19.3 Å². The maximum atomic E-state index is 14.1. The van der Waals surface area contributed by atoms with Gasteiger partial charge in [-0.2, -0.15) is 17.5 Å². The molecule has 1 aliphatic rings. The number of carbonyl (C=O) groups excluding carboxylic acids is 1. The molecule has 5 N–H and O–H groups in total. The number of aromatic nitrogens is 2. The second-order valence-corrected chi connectivity index (χ2v) is 15.1. The monoisotopic (exact) mass is 709 g/mol. The van der Waals surface area contributed by atoms with E-state index in [9.17, 15) is 26.4 Å². The number of fused-ring (bicyclic) bond motifs is 1. The maximum Gasteiger partial charge on any atom is 0.416 e. The van der Waals surface area contributed by atoms with E-state index < -0.39 is 33.1 Å². The minimum atomic E-state index is -4.69. The third-order valence-electron chi connectivity index (χ3n) is 9.54. The molecule has 0 fully saturated rings. The van der Waals surface area contributed by atoms with Gasteiger partial charge in [-0.15, -0.1) is 0 Å². The van der Waals surface area contributed by atoms with Gasteiger partial charge in [0.05, 0.1) is 45.3 Å². The molecule has 0 saturated heterocycles. The zero-order valence-corrected chi connectivity index (χ0v) is 29.5. The quantitative estimate of drug-likeness (QED) is 0.104. The molecule has 0 aliphatic carbocycles. The number of hydrogen-bond acceptors (Lipinski definition) is 8. The molecule has 1 atom stereocenters. The first kappa shape index (κ1) is 36.7. The molecular formula is C36H42F3N7O3S. The second kappa shape index (κ2) is 14.0. The second-order valence-electron chi connectivity index (χ2n) is 13.2. The first-order valence-corrected chi connectivity index (χ1v) is 17.7. The fraction of sp³-hybridized carbons (Fsp3) is 0.361. The minimum absolute atomic E-state index is 0.0723. The lowest BCUT2D eigenvalue weighted by Gasteiger charge is -2.36. The Kier molecular flexibility index (Phi) is 10.3. The number of hydrazine groups is 1. The Balaban J connectivity index is 1.60. The van der Waals surface area contributed by atoms with Gasteiger partial charge in [0.15, 0.2) is 0 Å². The van der Waals surface area contributed by atoms with Crippen LogP contribution in [0.25, 0.3) is 0 Å². The van der Waals surface area contributed by atoms with Crippen molar-refractivity contribution in [1.82, 2.24) is 14.3 Å². The van der Waals surface area contributed by atoms with Crippen LogP contribution in [0.15, 0.2) is 72.1 Å². The molecule has 266 valence electrons. The topological polar surface area (TPSA) is 148 Å². The number of benzene rings is 3. The van der Waals surface area contributed by atoms with Crippen molar-refractivity contribution < 1.29 is 26.4 Å². The van der Waals surface area contributed by atoms with Crippen LogP contribution in [0.5, 0.6) is 0 Å². The number of alkyl halides is 3. The molecule has 5 rings (SSSR count). The largest absolute Gasteiger partial charge is 0.416 e. The van der Waals surface area contributed by atoms with Crippen LogP contribution in [0.4, 0.5) is 30.2 Å². The summed E-state index contributed by atoms with van der Waals surface area (Å²) in [5, 5.41) is 4.46. The van der Waals surface area contributed by atoms with Crippen LogP contribution >= 0.6 is 0 Å². The number of nitrogens with one attached hydrogen (secondary N) is 1. The molecule has 1 aromatic heterocycles. The molecule has 10 nitrogen and oxygen atoms in total. The first-order chi connectivity index (χ1) is 23.5. The molecule has 0 radical (unpaired) electrons. The molecule has 50 heavy (non-hydrogen) atoms. The van der Waals surface area contributed by atoms with E-state index >= 15 is 0 Å². The average Bonchev–Trinajstić information content (AvgIpc) is 3.19. The van der Waals surface area contributed by atoms with Crippen LogP contribution in [0.3, 0.4) is 0 Å². The van der Waals surface area contributed by atoms with Crippen LogP contribution < -0.4 is 21.9 Å². The molecule has 3 aromatic carbocycles. The van der Waals surface area contributed by atoms with Crippen molar-refractivity contribution in [2.75, 3.05) is 29.1 Å². The van der Waals surface area contributed by atoms with Crippen molar-refractivity contribution in [2.24, 2.45) is 11.3 Å². The van der Waals surface area contributed by atoms with Gasteiger partial charge in [0.1, 0.15) is 6.33 Å². The lowest BCUT2D eigenvalue weighted by molar-refractivity contribution is -0.137. The minimum Gasteiger partial charge on any atom is -0.397 e. The SMILES string of the molecule is CCN(N)c1ccc(C(c2ccc(C)c(CN3CCCc4ccc(C(F)(F)F)cc4S3(=O)=O)c2)C(C)(C)C(=O)Nc2cncnc2)c(C)c1N. The Bertz CT molecular complexity index is 2000. The van der Waals surface area contributed by atoms with Crippen LogP contribution in [0.2, 0.25) is 0 Å². The number of carbonyl (C=O) groups is 1. The predicted octanol–water partition coefficient (Wildman–Crippen LogP) is 6.33. The summed E-state index contributed by atoms with van der Waals surface area (Å²) < 4.78 is 70.0. The molecule has 0 bridgehead atoms. The fourth-order valence-corrected chi connectivity index (χ4v) is 8.25.